The fraction of sp³-hybridized carbons (Fsp3) is 0.444. The van der Waals surface area contributed by atoms with E-state index in [1.165, 1.54) is 25.7 Å². The van der Waals surface area contributed by atoms with Crippen LogP contribution >= 0.6 is 0 Å². The highest BCUT2D eigenvalue weighted by Gasteiger charge is 2.29. The number of rotatable bonds is 14. The van der Waals surface area contributed by atoms with Crippen molar-refractivity contribution in [3.63, 3.8) is 0 Å². The van der Waals surface area contributed by atoms with Crippen molar-refractivity contribution in [1.82, 2.24) is 0 Å². The third kappa shape index (κ3) is 6.60. The van der Waals surface area contributed by atoms with Crippen LogP contribution in [0.2, 0.25) is 0 Å². The molecule has 5 heteroatoms. The van der Waals surface area contributed by atoms with Crippen molar-refractivity contribution >= 4 is 17.5 Å². The summed E-state index contributed by atoms with van der Waals surface area (Å²) in [5.41, 5.74) is 2.81. The quantitative estimate of drug-likeness (QED) is 0.315. The minimum atomic E-state index is -0.701. The van der Waals surface area contributed by atoms with Gasteiger partial charge in [-0.3, -0.25) is 14.4 Å². The first kappa shape index (κ1) is 23.9. The largest absolute Gasteiger partial charge is 0.481 e. The zero-order chi connectivity index (χ0) is 22.8. The predicted octanol–water partition coefficient (Wildman–Crippen LogP) is 5.96. The molecular weight excluding hydrogens is 404 g/mol. The van der Waals surface area contributed by atoms with E-state index in [2.05, 4.69) is 0 Å². The van der Waals surface area contributed by atoms with Crippen LogP contribution in [0.15, 0.2) is 42.5 Å². The molecule has 0 fully saturated rings. The third-order valence-corrected chi connectivity index (χ3v) is 5.94. The highest BCUT2D eigenvalue weighted by molar-refractivity contribution is 6.28. The molecule has 0 bridgehead atoms. The van der Waals surface area contributed by atoms with Crippen LogP contribution < -0.4 is 0 Å². The summed E-state index contributed by atoms with van der Waals surface area (Å²) in [6, 6.07) is 12.4. The number of hydrogen-bond acceptors (Lipinski definition) is 4. The van der Waals surface area contributed by atoms with Crippen molar-refractivity contribution < 1.29 is 24.2 Å². The van der Waals surface area contributed by atoms with Crippen LogP contribution in [-0.4, -0.2) is 29.2 Å². The monoisotopic (exact) mass is 436 g/mol. The van der Waals surface area contributed by atoms with Gasteiger partial charge in [-0.15, -0.1) is 0 Å². The number of ketones is 2. The van der Waals surface area contributed by atoms with E-state index in [9.17, 15) is 14.4 Å². The molecule has 32 heavy (non-hydrogen) atoms. The Hall–Kier alpha value is -2.79. The van der Waals surface area contributed by atoms with Gasteiger partial charge in [-0.05, 0) is 30.5 Å². The summed E-state index contributed by atoms with van der Waals surface area (Å²) in [6.45, 7) is 1.12. The minimum absolute atomic E-state index is 0.0945. The van der Waals surface area contributed by atoms with Crippen molar-refractivity contribution in [2.24, 2.45) is 0 Å². The fourth-order valence-electron chi connectivity index (χ4n) is 4.14. The van der Waals surface area contributed by atoms with Gasteiger partial charge in [0, 0.05) is 35.3 Å². The van der Waals surface area contributed by atoms with E-state index in [1.54, 1.807) is 36.4 Å². The number of carbonyl (C=O) groups excluding carboxylic acids is 2. The third-order valence-electron chi connectivity index (χ3n) is 5.94. The molecule has 0 saturated heterocycles. The molecule has 0 unspecified atom stereocenters. The zero-order valence-electron chi connectivity index (χ0n) is 18.6. The maximum absolute atomic E-state index is 12.8. The second-order valence-corrected chi connectivity index (χ2v) is 8.46. The maximum Gasteiger partial charge on any atom is 0.303 e. The van der Waals surface area contributed by atoms with Crippen molar-refractivity contribution in [2.45, 2.75) is 70.8 Å². The smallest absolute Gasteiger partial charge is 0.303 e. The van der Waals surface area contributed by atoms with Crippen LogP contribution in [0.4, 0.5) is 0 Å². The summed E-state index contributed by atoms with van der Waals surface area (Å²) in [5.74, 6) is -0.893. The number of hydrogen-bond donors (Lipinski definition) is 1. The topological polar surface area (TPSA) is 80.7 Å². The Morgan fingerprint density at radius 2 is 1.22 bits per heavy atom. The second-order valence-electron chi connectivity index (χ2n) is 8.46. The molecule has 0 heterocycles. The van der Waals surface area contributed by atoms with Gasteiger partial charge < -0.3 is 9.84 Å². The molecule has 3 rings (SSSR count). The number of carboxylic acid groups (broad SMARTS) is 1. The van der Waals surface area contributed by atoms with E-state index in [4.69, 9.17) is 9.84 Å². The molecular formula is C27H32O5. The lowest BCUT2D eigenvalue weighted by Crippen LogP contribution is -2.21. The van der Waals surface area contributed by atoms with Crippen LogP contribution in [0.1, 0.15) is 102 Å². The first-order chi connectivity index (χ1) is 15.6. The number of carbonyl (C=O) groups is 3. The number of unbranched alkanes of at least 4 members (excludes halogenated alkanes) is 8. The number of ether oxygens (including phenoxy) is 1. The van der Waals surface area contributed by atoms with E-state index in [0.29, 0.717) is 35.5 Å². The molecule has 0 spiro atoms. The van der Waals surface area contributed by atoms with E-state index in [0.717, 1.165) is 37.7 Å². The Labute approximate surface area is 189 Å². The maximum atomic E-state index is 12.8. The molecule has 2 aromatic rings. The van der Waals surface area contributed by atoms with Gasteiger partial charge in [0.25, 0.3) is 0 Å². The van der Waals surface area contributed by atoms with E-state index >= 15 is 0 Å². The average Bonchev–Trinajstić information content (AvgIpc) is 2.80. The average molecular weight is 437 g/mol. The highest BCUT2D eigenvalue weighted by atomic mass is 16.5. The van der Waals surface area contributed by atoms with Gasteiger partial charge in [0.05, 0.1) is 6.61 Å². The summed E-state index contributed by atoms with van der Waals surface area (Å²) >= 11 is 0. The van der Waals surface area contributed by atoms with Gasteiger partial charge in [-0.25, -0.2) is 0 Å². The summed E-state index contributed by atoms with van der Waals surface area (Å²) in [7, 11) is 0. The zero-order valence-corrected chi connectivity index (χ0v) is 18.6. The predicted molar refractivity (Wildman–Crippen MR) is 123 cm³/mol. The van der Waals surface area contributed by atoms with Crippen LogP contribution in [0.3, 0.4) is 0 Å². The Bertz CT molecular complexity index is 947. The van der Waals surface area contributed by atoms with Crippen molar-refractivity contribution in [1.29, 1.82) is 0 Å². The number of benzene rings is 2. The Morgan fingerprint density at radius 3 is 1.84 bits per heavy atom. The van der Waals surface area contributed by atoms with Crippen molar-refractivity contribution in [3.05, 3.63) is 70.3 Å². The summed E-state index contributed by atoms with van der Waals surface area (Å²) in [6.07, 6.45) is 10.1. The lowest BCUT2D eigenvalue weighted by molar-refractivity contribution is -0.137. The van der Waals surface area contributed by atoms with E-state index < -0.39 is 5.97 Å². The Morgan fingerprint density at radius 1 is 0.688 bits per heavy atom. The molecule has 170 valence electrons. The molecule has 1 aliphatic carbocycles. The summed E-state index contributed by atoms with van der Waals surface area (Å²) < 4.78 is 5.79. The van der Waals surface area contributed by atoms with Gasteiger partial charge in [0.1, 0.15) is 0 Å². The molecule has 5 nitrogen and oxygen atoms in total. The molecule has 1 aliphatic rings. The molecule has 0 aromatic heterocycles. The van der Waals surface area contributed by atoms with Crippen LogP contribution in [0.25, 0.3) is 0 Å². The minimum Gasteiger partial charge on any atom is -0.481 e. The lowest BCUT2D eigenvalue weighted by Gasteiger charge is -2.18. The first-order valence-corrected chi connectivity index (χ1v) is 11.7. The molecule has 0 saturated carbocycles. The number of aliphatic carboxylic acids is 1. The molecule has 0 aliphatic heterocycles. The lowest BCUT2D eigenvalue weighted by atomic mass is 9.83. The van der Waals surface area contributed by atoms with Crippen LogP contribution in [-0.2, 0) is 16.1 Å². The first-order valence-electron chi connectivity index (χ1n) is 11.7. The van der Waals surface area contributed by atoms with Gasteiger partial charge in [0.15, 0.2) is 11.6 Å². The highest BCUT2D eigenvalue weighted by Crippen LogP contribution is 2.28. The second kappa shape index (κ2) is 12.3. The van der Waals surface area contributed by atoms with Crippen molar-refractivity contribution in [2.75, 3.05) is 6.61 Å². The van der Waals surface area contributed by atoms with Crippen LogP contribution in [0, 0.1) is 0 Å². The standard InChI is InChI=1S/C27H32O5/c28-25(29)14-8-6-4-2-1-3-5-7-11-17-32-19-20-15-16-23-24(18-20)27(31)22-13-10-9-12-21(22)26(23)30/h9-10,12-13,15-16,18H,1-8,11,14,17,19H2,(H,28,29). The molecule has 0 atom stereocenters. The normalized spacial score (nSPS) is 12.5. The Balaban J connectivity index is 1.30. The number of fused-ring (bicyclic) bond motifs is 2. The van der Waals surface area contributed by atoms with Gasteiger partial charge in [-0.1, -0.05) is 75.3 Å². The fourth-order valence-corrected chi connectivity index (χ4v) is 4.14. The molecule has 1 N–H and O–H groups in total. The summed E-state index contributed by atoms with van der Waals surface area (Å²) in [5, 5.41) is 8.60. The van der Waals surface area contributed by atoms with Gasteiger partial charge in [0.2, 0.25) is 0 Å². The van der Waals surface area contributed by atoms with Crippen LogP contribution in [0.5, 0.6) is 0 Å². The number of carboxylic acids is 1. The molecule has 2 aromatic carbocycles. The molecule has 0 amide bonds. The summed E-state index contributed by atoms with van der Waals surface area (Å²) in [4.78, 5) is 35.9. The molecule has 0 radical (unpaired) electrons. The van der Waals surface area contributed by atoms with E-state index in [-0.39, 0.29) is 18.0 Å². The Kier molecular flexibility index (Phi) is 9.17. The SMILES string of the molecule is O=C(O)CCCCCCCCCCCOCc1ccc2c(c1)C(=O)c1ccccc1C2=O. The van der Waals surface area contributed by atoms with Gasteiger partial charge in [-0.2, -0.15) is 0 Å². The van der Waals surface area contributed by atoms with E-state index in [1.807, 2.05) is 6.07 Å². The van der Waals surface area contributed by atoms with Gasteiger partial charge >= 0.3 is 5.97 Å². The van der Waals surface area contributed by atoms with Crippen molar-refractivity contribution in [3.8, 4) is 0 Å².